The zero-order valence-electron chi connectivity index (χ0n) is 23.3. The van der Waals surface area contributed by atoms with Gasteiger partial charge in [-0.15, -0.1) is 0 Å². The third-order valence-electron chi connectivity index (χ3n) is 7.68. The molecule has 3 amide bonds. The fraction of sp³-hybridized carbons (Fsp3) is 0.586. The quantitative estimate of drug-likeness (QED) is 0.665. The van der Waals surface area contributed by atoms with Crippen molar-refractivity contribution in [2.45, 2.75) is 58.5 Å². The van der Waals surface area contributed by atoms with Crippen LogP contribution in [0.1, 0.15) is 60.4 Å². The summed E-state index contributed by atoms with van der Waals surface area (Å²) in [5.74, 6) is 0.0716. The van der Waals surface area contributed by atoms with E-state index in [4.69, 9.17) is 0 Å². The van der Waals surface area contributed by atoms with Gasteiger partial charge in [-0.2, -0.15) is 5.10 Å². The van der Waals surface area contributed by atoms with Crippen LogP contribution in [0.25, 0.3) is 0 Å². The maximum atomic E-state index is 13.3. The summed E-state index contributed by atoms with van der Waals surface area (Å²) in [6.45, 7) is 7.42. The van der Waals surface area contributed by atoms with Crippen LogP contribution in [0.3, 0.4) is 0 Å². The fourth-order valence-corrected chi connectivity index (χ4v) is 5.59. The summed E-state index contributed by atoms with van der Waals surface area (Å²) in [7, 11) is 3.70. The Labute approximate surface area is 226 Å². The molecule has 1 aromatic carbocycles. The topological polar surface area (TPSA) is 90.8 Å². The number of rotatable bonds is 4. The number of fused-ring (bicyclic) bond motifs is 1. The van der Waals surface area contributed by atoms with Crippen molar-refractivity contribution in [2.75, 3.05) is 39.8 Å². The Kier molecular flexibility index (Phi) is 9.20. The molecule has 0 radical (unpaired) electrons. The molecule has 1 atom stereocenters. The van der Waals surface area contributed by atoms with Crippen molar-refractivity contribution >= 4 is 17.7 Å². The highest BCUT2D eigenvalue weighted by Crippen LogP contribution is 2.27. The van der Waals surface area contributed by atoms with Crippen LogP contribution in [0.2, 0.25) is 0 Å². The lowest BCUT2D eigenvalue weighted by Gasteiger charge is -2.34. The molecule has 1 aliphatic heterocycles. The normalized spacial score (nSPS) is 20.6. The van der Waals surface area contributed by atoms with Crippen LogP contribution < -0.4 is 5.32 Å². The number of carbonyl (C=O) groups excluding carboxylic acids is 3. The van der Waals surface area contributed by atoms with Crippen LogP contribution in [0, 0.1) is 5.92 Å². The molecule has 206 valence electrons. The van der Waals surface area contributed by atoms with Gasteiger partial charge in [0.2, 0.25) is 11.8 Å². The summed E-state index contributed by atoms with van der Waals surface area (Å²) in [4.78, 5) is 45.6. The summed E-state index contributed by atoms with van der Waals surface area (Å²) < 4.78 is 1.81. The van der Waals surface area contributed by atoms with Gasteiger partial charge in [-0.1, -0.05) is 44.2 Å². The Morgan fingerprint density at radius 1 is 1.03 bits per heavy atom. The Hall–Kier alpha value is -3.20. The number of nitrogens with one attached hydrogen (secondary N) is 1. The SMILES string of the molecule is CC(C)CN1CC(=O)N(C)C2CCc3c(c(nn3C)C(=O)NCCN(Cc3ccccc3)CCCC1=O)C2. The molecular formula is C29H42N6O3. The van der Waals surface area contributed by atoms with Crippen molar-refractivity contribution < 1.29 is 14.4 Å². The van der Waals surface area contributed by atoms with Crippen LogP contribution in [0.15, 0.2) is 30.3 Å². The van der Waals surface area contributed by atoms with Gasteiger partial charge >= 0.3 is 0 Å². The molecular weight excluding hydrogens is 480 g/mol. The van der Waals surface area contributed by atoms with E-state index < -0.39 is 0 Å². The smallest absolute Gasteiger partial charge is 0.272 e. The van der Waals surface area contributed by atoms with Crippen LogP contribution in [-0.2, 0) is 36.0 Å². The predicted octanol–water partition coefficient (Wildman–Crippen LogP) is 2.25. The van der Waals surface area contributed by atoms with Crippen LogP contribution >= 0.6 is 0 Å². The van der Waals surface area contributed by atoms with Gasteiger partial charge in [-0.05, 0) is 43.7 Å². The molecule has 38 heavy (non-hydrogen) atoms. The zero-order chi connectivity index (χ0) is 27.2. The Bertz CT molecular complexity index is 1130. The van der Waals surface area contributed by atoms with E-state index in [-0.39, 0.29) is 36.2 Å². The molecule has 0 fully saturated rings. The summed E-state index contributed by atoms with van der Waals surface area (Å²) >= 11 is 0. The number of amides is 3. The van der Waals surface area contributed by atoms with Crippen LogP contribution in [0.5, 0.6) is 0 Å². The van der Waals surface area contributed by atoms with Gasteiger partial charge in [0.15, 0.2) is 5.69 Å². The monoisotopic (exact) mass is 522 g/mol. The second-order valence-corrected chi connectivity index (χ2v) is 11.1. The molecule has 1 aliphatic carbocycles. The molecule has 0 saturated carbocycles. The minimum Gasteiger partial charge on any atom is -0.349 e. The lowest BCUT2D eigenvalue weighted by Crippen LogP contribution is -2.47. The standard InChI is InChI=1S/C29H42N6O3/c1-21(2)18-35-20-27(37)32(3)23-12-13-25-24(17-23)28(31-33(25)4)29(38)30-14-16-34(15-8-11-26(35)36)19-22-9-6-5-7-10-22/h5-7,9-10,21,23H,8,11-20H2,1-4H3,(H,30,38). The van der Waals surface area contributed by atoms with E-state index in [9.17, 15) is 14.4 Å². The van der Waals surface area contributed by atoms with E-state index >= 15 is 0 Å². The van der Waals surface area contributed by atoms with Gasteiger partial charge in [-0.3, -0.25) is 24.0 Å². The lowest BCUT2D eigenvalue weighted by atomic mass is 9.90. The highest BCUT2D eigenvalue weighted by molar-refractivity contribution is 5.94. The van der Waals surface area contributed by atoms with E-state index in [0.717, 1.165) is 37.2 Å². The first-order valence-corrected chi connectivity index (χ1v) is 13.9. The summed E-state index contributed by atoms with van der Waals surface area (Å²) in [6.07, 6.45) is 3.24. The molecule has 2 heterocycles. The third kappa shape index (κ3) is 6.81. The van der Waals surface area contributed by atoms with Crippen molar-refractivity contribution in [3.8, 4) is 0 Å². The maximum Gasteiger partial charge on any atom is 0.272 e. The molecule has 9 nitrogen and oxygen atoms in total. The highest BCUT2D eigenvalue weighted by atomic mass is 16.2. The van der Waals surface area contributed by atoms with Crippen molar-refractivity contribution in [3.05, 3.63) is 52.8 Å². The van der Waals surface area contributed by atoms with E-state index in [1.54, 1.807) is 9.80 Å². The molecule has 1 N–H and O–H groups in total. The third-order valence-corrected chi connectivity index (χ3v) is 7.68. The molecule has 1 unspecified atom stereocenters. The largest absolute Gasteiger partial charge is 0.349 e. The van der Waals surface area contributed by atoms with Crippen LogP contribution in [-0.4, -0.2) is 88.0 Å². The van der Waals surface area contributed by atoms with E-state index in [1.807, 2.05) is 37.0 Å². The van der Waals surface area contributed by atoms with Crippen molar-refractivity contribution in [1.29, 1.82) is 0 Å². The van der Waals surface area contributed by atoms with Crippen molar-refractivity contribution in [1.82, 2.24) is 29.8 Å². The minimum atomic E-state index is -0.168. The molecule has 1 aromatic heterocycles. The summed E-state index contributed by atoms with van der Waals surface area (Å²) in [5, 5.41) is 7.64. The Morgan fingerprint density at radius 2 is 1.79 bits per heavy atom. The number of carbonyl (C=O) groups is 3. The lowest BCUT2D eigenvalue weighted by molar-refractivity contribution is -0.141. The molecule has 9 heteroatoms. The Balaban J connectivity index is 1.58. The Morgan fingerprint density at radius 3 is 2.53 bits per heavy atom. The maximum absolute atomic E-state index is 13.3. The number of likely N-dealkylation sites (N-methyl/N-ethyl adjacent to an activating group) is 1. The van der Waals surface area contributed by atoms with Gasteiger partial charge in [0.1, 0.15) is 0 Å². The summed E-state index contributed by atoms with van der Waals surface area (Å²) in [5.41, 5.74) is 3.65. The highest BCUT2D eigenvalue weighted by Gasteiger charge is 2.32. The molecule has 0 spiro atoms. The average molecular weight is 523 g/mol. The first-order chi connectivity index (χ1) is 18.2. The van der Waals surface area contributed by atoms with Gasteiger partial charge in [-0.25, -0.2) is 0 Å². The number of aryl methyl sites for hydroxylation is 1. The number of hydrogen-bond donors (Lipinski definition) is 1. The molecule has 2 aliphatic rings. The number of benzene rings is 1. The minimum absolute atomic E-state index is 0.0261. The van der Waals surface area contributed by atoms with E-state index in [1.165, 1.54) is 5.56 Å². The predicted molar refractivity (Wildman–Crippen MR) is 146 cm³/mol. The second-order valence-electron chi connectivity index (χ2n) is 11.1. The van der Waals surface area contributed by atoms with Crippen LogP contribution in [0.4, 0.5) is 0 Å². The second kappa shape index (κ2) is 12.6. The van der Waals surface area contributed by atoms with Gasteiger partial charge in [0, 0.05) is 64.0 Å². The molecule has 2 bridgehead atoms. The molecule has 2 aromatic rings. The molecule has 4 rings (SSSR count). The zero-order valence-corrected chi connectivity index (χ0v) is 23.3. The number of aromatic nitrogens is 2. The first kappa shape index (κ1) is 27.8. The molecule has 0 saturated heterocycles. The van der Waals surface area contributed by atoms with Gasteiger partial charge < -0.3 is 15.1 Å². The number of nitrogens with zero attached hydrogens (tertiary/aromatic N) is 5. The fourth-order valence-electron chi connectivity index (χ4n) is 5.59. The van der Waals surface area contributed by atoms with E-state index in [0.29, 0.717) is 44.6 Å². The van der Waals surface area contributed by atoms with Crippen molar-refractivity contribution in [3.63, 3.8) is 0 Å². The van der Waals surface area contributed by atoms with Gasteiger partial charge in [0.25, 0.3) is 5.91 Å². The summed E-state index contributed by atoms with van der Waals surface area (Å²) in [6, 6.07) is 10.2. The average Bonchev–Trinajstić information content (AvgIpc) is 3.23. The first-order valence-electron chi connectivity index (χ1n) is 13.9. The van der Waals surface area contributed by atoms with Gasteiger partial charge in [0.05, 0.1) is 6.54 Å². The van der Waals surface area contributed by atoms with E-state index in [2.05, 4.69) is 41.3 Å². The van der Waals surface area contributed by atoms with Crippen molar-refractivity contribution in [2.24, 2.45) is 13.0 Å². The number of hydrogen-bond acceptors (Lipinski definition) is 5.